The van der Waals surface area contributed by atoms with Crippen molar-refractivity contribution in [1.29, 1.82) is 0 Å². The second kappa shape index (κ2) is 9.12. The van der Waals surface area contributed by atoms with Gasteiger partial charge in [-0.15, -0.1) is 11.8 Å². The number of carbonyl (C=O) groups is 2. The van der Waals surface area contributed by atoms with Gasteiger partial charge in [0.2, 0.25) is 5.91 Å². The van der Waals surface area contributed by atoms with Crippen LogP contribution in [0.1, 0.15) is 28.9 Å². The number of benzene rings is 1. The van der Waals surface area contributed by atoms with Crippen molar-refractivity contribution >= 4 is 61.5 Å². The normalized spacial score (nSPS) is 17.5. The zero-order valence-corrected chi connectivity index (χ0v) is 18.7. The Hall–Kier alpha value is -1.51. The van der Waals surface area contributed by atoms with Crippen molar-refractivity contribution in [1.82, 2.24) is 15.0 Å². The maximum absolute atomic E-state index is 12.7. The van der Waals surface area contributed by atoms with Crippen LogP contribution < -0.4 is 5.43 Å². The summed E-state index contributed by atoms with van der Waals surface area (Å²) in [7, 11) is 1.79. The van der Waals surface area contributed by atoms with E-state index in [9.17, 15) is 9.59 Å². The molecule has 0 saturated carbocycles. The molecule has 1 unspecified atom stereocenters. The predicted molar refractivity (Wildman–Crippen MR) is 116 cm³/mol. The Balaban J connectivity index is 1.70. The summed E-state index contributed by atoms with van der Waals surface area (Å²) < 4.78 is 3.29. The molecule has 5 nitrogen and oxygen atoms in total. The van der Waals surface area contributed by atoms with Crippen LogP contribution in [0.4, 0.5) is 0 Å². The Morgan fingerprint density at radius 3 is 2.74 bits per heavy atom. The summed E-state index contributed by atoms with van der Waals surface area (Å²) in [5.41, 5.74) is 4.37. The second-order valence-electron chi connectivity index (χ2n) is 6.06. The molecule has 142 valence electrons. The Labute approximate surface area is 179 Å². The Morgan fingerprint density at radius 1 is 1.33 bits per heavy atom. The first kappa shape index (κ1) is 20.2. The smallest absolute Gasteiger partial charge is 0.286 e. The van der Waals surface area contributed by atoms with Crippen LogP contribution in [0.3, 0.4) is 0 Å². The fourth-order valence-corrected chi connectivity index (χ4v) is 4.68. The maximum Gasteiger partial charge on any atom is 0.286 e. The predicted octanol–water partition coefficient (Wildman–Crippen LogP) is 4.59. The van der Waals surface area contributed by atoms with Crippen molar-refractivity contribution in [2.75, 3.05) is 5.75 Å². The number of hydrazine groups is 1. The molecule has 27 heavy (non-hydrogen) atoms. The average Bonchev–Trinajstić information content (AvgIpc) is 2.92. The Morgan fingerprint density at radius 2 is 2.07 bits per heavy atom. The van der Waals surface area contributed by atoms with E-state index in [1.165, 1.54) is 5.01 Å². The van der Waals surface area contributed by atoms with Crippen LogP contribution in [0.5, 0.6) is 0 Å². The van der Waals surface area contributed by atoms with E-state index in [4.69, 9.17) is 0 Å². The number of halogens is 2. The number of thioether (sulfide) groups is 1. The molecule has 2 heterocycles. The molecule has 0 radical (unpaired) electrons. The highest BCUT2D eigenvalue weighted by atomic mass is 79.9. The minimum atomic E-state index is -0.309. The third-order valence-corrected chi connectivity index (χ3v) is 7.52. The van der Waals surface area contributed by atoms with Crippen LogP contribution in [-0.2, 0) is 11.8 Å². The standard InChI is InChI=1S/C19H19Br2N3O2S/c1-23-15(12-14(20)18(23)21)19(26)22-24-16(25)10-11-27-17(24)9-5-8-13-6-3-2-4-7-13/h2-8,12,17H,9-11H2,1H3,(H,22,26)/b8-5+. The van der Waals surface area contributed by atoms with Gasteiger partial charge in [0.05, 0.1) is 9.08 Å². The Bertz CT molecular complexity index is 867. The largest absolute Gasteiger partial charge is 0.333 e. The van der Waals surface area contributed by atoms with Crippen molar-refractivity contribution in [3.63, 3.8) is 0 Å². The van der Waals surface area contributed by atoms with E-state index in [2.05, 4.69) is 37.3 Å². The molecule has 2 aromatic rings. The van der Waals surface area contributed by atoms with E-state index in [1.807, 2.05) is 42.5 Å². The molecule has 1 N–H and O–H groups in total. The third-order valence-electron chi connectivity index (χ3n) is 4.20. The topological polar surface area (TPSA) is 54.3 Å². The number of hydrogen-bond donors (Lipinski definition) is 1. The summed E-state index contributed by atoms with van der Waals surface area (Å²) in [5.74, 6) is 0.389. The van der Waals surface area contributed by atoms with Gasteiger partial charge in [-0.05, 0) is 49.9 Å². The Kier molecular flexibility index (Phi) is 6.83. The molecule has 0 spiro atoms. The van der Waals surface area contributed by atoms with E-state index in [0.29, 0.717) is 18.5 Å². The van der Waals surface area contributed by atoms with Gasteiger partial charge >= 0.3 is 0 Å². The molecule has 1 aliphatic rings. The van der Waals surface area contributed by atoms with Crippen molar-refractivity contribution in [3.05, 3.63) is 62.8 Å². The van der Waals surface area contributed by atoms with Crippen LogP contribution in [0.15, 0.2) is 51.6 Å². The van der Waals surface area contributed by atoms with Gasteiger partial charge in [-0.25, -0.2) is 5.01 Å². The molecule has 1 fully saturated rings. The molecule has 1 saturated heterocycles. The van der Waals surface area contributed by atoms with E-state index >= 15 is 0 Å². The number of amides is 2. The van der Waals surface area contributed by atoms with Crippen molar-refractivity contribution < 1.29 is 9.59 Å². The molecule has 1 aromatic heterocycles. The number of nitrogens with zero attached hydrogens (tertiary/aromatic N) is 2. The van der Waals surface area contributed by atoms with Crippen LogP contribution in [0.25, 0.3) is 6.08 Å². The minimum Gasteiger partial charge on any atom is -0.333 e. The lowest BCUT2D eigenvalue weighted by molar-refractivity contribution is -0.134. The SMILES string of the molecule is Cn1c(C(=O)NN2C(=O)CCSC2C/C=C/c2ccccc2)cc(Br)c1Br. The fraction of sp³-hybridized carbons (Fsp3) is 0.263. The molecular weight excluding hydrogens is 494 g/mol. The van der Waals surface area contributed by atoms with Gasteiger partial charge < -0.3 is 4.57 Å². The van der Waals surface area contributed by atoms with Gasteiger partial charge in [0, 0.05) is 19.2 Å². The van der Waals surface area contributed by atoms with Gasteiger partial charge in [-0.1, -0.05) is 42.5 Å². The fourth-order valence-electron chi connectivity index (χ4n) is 2.76. The monoisotopic (exact) mass is 511 g/mol. The lowest BCUT2D eigenvalue weighted by atomic mass is 10.2. The number of carbonyl (C=O) groups excluding carboxylic acids is 2. The zero-order valence-electron chi connectivity index (χ0n) is 14.7. The molecule has 8 heteroatoms. The summed E-state index contributed by atoms with van der Waals surface area (Å²) >= 11 is 8.49. The van der Waals surface area contributed by atoms with E-state index in [1.54, 1.807) is 29.4 Å². The summed E-state index contributed by atoms with van der Waals surface area (Å²) in [6.07, 6.45) is 5.15. The minimum absolute atomic E-state index is 0.0625. The summed E-state index contributed by atoms with van der Waals surface area (Å²) in [6.45, 7) is 0. The van der Waals surface area contributed by atoms with Gasteiger partial charge in [-0.3, -0.25) is 15.0 Å². The third kappa shape index (κ3) is 4.86. The highest BCUT2D eigenvalue weighted by Gasteiger charge is 2.30. The van der Waals surface area contributed by atoms with Gasteiger partial charge in [-0.2, -0.15) is 0 Å². The van der Waals surface area contributed by atoms with E-state index in [0.717, 1.165) is 20.4 Å². The first-order valence-corrected chi connectivity index (χ1v) is 11.1. The first-order valence-electron chi connectivity index (χ1n) is 8.44. The van der Waals surface area contributed by atoms with Crippen LogP contribution >= 0.6 is 43.6 Å². The van der Waals surface area contributed by atoms with Gasteiger partial charge in [0.1, 0.15) is 11.1 Å². The molecule has 2 amide bonds. The lowest BCUT2D eigenvalue weighted by Crippen LogP contribution is -2.53. The number of aromatic nitrogens is 1. The molecule has 0 bridgehead atoms. The van der Waals surface area contributed by atoms with Gasteiger partial charge in [0.15, 0.2) is 0 Å². The highest BCUT2D eigenvalue weighted by Crippen LogP contribution is 2.28. The number of rotatable bonds is 5. The molecular formula is C19H19Br2N3O2S. The lowest BCUT2D eigenvalue weighted by Gasteiger charge is -2.34. The second-order valence-corrected chi connectivity index (χ2v) is 8.95. The summed E-state index contributed by atoms with van der Waals surface area (Å²) in [4.78, 5) is 25.1. The number of hydrogen-bond acceptors (Lipinski definition) is 3. The molecule has 1 aliphatic heterocycles. The summed E-state index contributed by atoms with van der Waals surface area (Å²) in [6, 6.07) is 11.7. The van der Waals surface area contributed by atoms with Crippen LogP contribution in [0, 0.1) is 0 Å². The average molecular weight is 513 g/mol. The van der Waals surface area contributed by atoms with E-state index in [-0.39, 0.29) is 17.2 Å². The van der Waals surface area contributed by atoms with Gasteiger partial charge in [0.25, 0.3) is 5.91 Å². The molecule has 3 rings (SSSR count). The number of nitrogens with one attached hydrogen (secondary N) is 1. The first-order chi connectivity index (χ1) is 13.0. The van der Waals surface area contributed by atoms with Crippen LogP contribution in [-0.4, -0.2) is 32.5 Å². The van der Waals surface area contributed by atoms with Crippen molar-refractivity contribution in [2.24, 2.45) is 7.05 Å². The van der Waals surface area contributed by atoms with Crippen molar-refractivity contribution in [2.45, 2.75) is 18.2 Å². The molecule has 1 atom stereocenters. The summed E-state index contributed by atoms with van der Waals surface area (Å²) in [5, 5.41) is 1.35. The van der Waals surface area contributed by atoms with Crippen molar-refractivity contribution in [3.8, 4) is 0 Å². The molecule has 1 aromatic carbocycles. The highest BCUT2D eigenvalue weighted by molar-refractivity contribution is 9.13. The maximum atomic E-state index is 12.7. The van der Waals surface area contributed by atoms with E-state index < -0.39 is 0 Å². The zero-order chi connectivity index (χ0) is 19.4. The quantitative estimate of drug-likeness (QED) is 0.637. The van der Waals surface area contributed by atoms with Crippen LogP contribution in [0.2, 0.25) is 0 Å². The molecule has 0 aliphatic carbocycles.